The second-order valence-corrected chi connectivity index (χ2v) is 12.8. The molecule has 0 aliphatic carbocycles. The number of benzene rings is 4. The molecule has 0 spiro atoms. The number of allylic oxidation sites excluding steroid dienone is 2. The number of hydrogen-bond acceptors (Lipinski definition) is 2. The second-order valence-electron chi connectivity index (χ2n) is 12.8. The number of aromatic nitrogens is 1. The van der Waals surface area contributed by atoms with Gasteiger partial charge in [-0.1, -0.05) is 63.1 Å². The first kappa shape index (κ1) is 26.6. The van der Waals surface area contributed by atoms with Gasteiger partial charge in [0.25, 0.3) is 0 Å². The van der Waals surface area contributed by atoms with Crippen LogP contribution in [0.3, 0.4) is 0 Å². The first-order valence-electron chi connectivity index (χ1n) is 16.4. The molecule has 0 amide bonds. The molecule has 3 aliphatic heterocycles. The van der Waals surface area contributed by atoms with Gasteiger partial charge < -0.3 is 14.0 Å². The van der Waals surface area contributed by atoms with E-state index < -0.39 is 0 Å². The summed E-state index contributed by atoms with van der Waals surface area (Å²) >= 11 is 0. The van der Waals surface area contributed by atoms with Crippen molar-refractivity contribution in [2.24, 2.45) is 0 Å². The summed E-state index contributed by atoms with van der Waals surface area (Å²) in [4.78, 5) is 0. The van der Waals surface area contributed by atoms with Crippen LogP contribution in [-0.2, 0) is 19.4 Å². The summed E-state index contributed by atoms with van der Waals surface area (Å²) in [5.41, 5.74) is 7.97. The predicted octanol–water partition coefficient (Wildman–Crippen LogP) is 8.40. The minimum atomic E-state index is 0.238. The van der Waals surface area contributed by atoms with Crippen molar-refractivity contribution in [3.63, 3.8) is 0 Å². The van der Waals surface area contributed by atoms with E-state index in [-0.39, 0.29) is 12.2 Å². The summed E-state index contributed by atoms with van der Waals surface area (Å²) < 4.78 is 17.8. The molecule has 0 saturated heterocycles. The van der Waals surface area contributed by atoms with Crippen molar-refractivity contribution in [1.29, 1.82) is 0 Å². The summed E-state index contributed by atoms with van der Waals surface area (Å²) in [6.45, 7) is 10.9. The average Bonchev–Trinajstić information content (AvgIpc) is 3.74. The van der Waals surface area contributed by atoms with Crippen LogP contribution in [0.4, 0.5) is 5.69 Å². The first-order chi connectivity index (χ1) is 21.1. The highest BCUT2D eigenvalue weighted by atomic mass is 16.5. The second kappa shape index (κ2) is 10.3. The largest absolute Gasteiger partial charge is 0.489 e. The van der Waals surface area contributed by atoms with Crippen molar-refractivity contribution >= 4 is 49.9 Å². The Morgan fingerprint density at radius 2 is 1.51 bits per heavy atom. The molecule has 3 aliphatic rings. The highest BCUT2D eigenvalue weighted by Gasteiger charge is 2.35. The van der Waals surface area contributed by atoms with Gasteiger partial charge in [-0.25, -0.2) is 0 Å². The Morgan fingerprint density at radius 1 is 0.837 bits per heavy atom. The molecular weight excluding hydrogens is 528 g/mol. The van der Waals surface area contributed by atoms with Crippen LogP contribution in [0.15, 0.2) is 60.7 Å². The maximum Gasteiger partial charge on any atom is 0.215 e. The van der Waals surface area contributed by atoms with Gasteiger partial charge in [0, 0.05) is 76.0 Å². The lowest BCUT2D eigenvalue weighted by Gasteiger charge is -2.09. The highest BCUT2D eigenvalue weighted by molar-refractivity contribution is 6.21. The zero-order valence-corrected chi connectivity index (χ0v) is 25.9. The molecular formula is C39H41N2O2+. The van der Waals surface area contributed by atoms with Crippen LogP contribution in [0.1, 0.15) is 70.1 Å². The summed E-state index contributed by atoms with van der Waals surface area (Å²) in [7, 11) is 0. The lowest BCUT2D eigenvalue weighted by atomic mass is 9.98. The molecule has 0 radical (unpaired) electrons. The fourth-order valence-electron chi connectivity index (χ4n) is 7.78. The Hall–Kier alpha value is -4.05. The standard InChI is InChI=1S/C39H41N2O2/c1-5-7-18-40-32(28-12-9-14-30-36(28)34(40)22-26-20-24(3)42-38(26)30)16-11-17-33-29-13-10-15-31-37(29)35(41(33)19-8-6-2)23-27-21-25(4)43-39(27)31/h9-17,22-25H,5-8,18-21H2,1-4H3/q+1. The van der Waals surface area contributed by atoms with E-state index in [1.807, 2.05) is 0 Å². The molecule has 8 rings (SSSR count). The minimum absolute atomic E-state index is 0.238. The first-order valence-corrected chi connectivity index (χ1v) is 16.4. The molecule has 0 N–H and O–H groups in total. The maximum atomic E-state index is 6.33. The third kappa shape index (κ3) is 4.06. The van der Waals surface area contributed by atoms with Crippen molar-refractivity contribution in [3.8, 4) is 11.5 Å². The van der Waals surface area contributed by atoms with E-state index >= 15 is 0 Å². The van der Waals surface area contributed by atoms with Crippen LogP contribution in [-0.4, -0.2) is 33.6 Å². The van der Waals surface area contributed by atoms with Crippen molar-refractivity contribution in [1.82, 2.24) is 4.57 Å². The van der Waals surface area contributed by atoms with E-state index in [9.17, 15) is 0 Å². The molecule has 4 heterocycles. The number of rotatable bonds is 8. The van der Waals surface area contributed by atoms with Crippen molar-refractivity contribution in [2.75, 3.05) is 6.54 Å². The van der Waals surface area contributed by atoms with E-state index in [1.165, 1.54) is 78.7 Å². The van der Waals surface area contributed by atoms with E-state index in [1.54, 1.807) is 0 Å². The quantitative estimate of drug-likeness (QED) is 0.175. The van der Waals surface area contributed by atoms with E-state index in [0.29, 0.717) is 0 Å². The Balaban J connectivity index is 1.30. The maximum absolute atomic E-state index is 6.33. The molecule has 5 aromatic rings. The summed E-state index contributed by atoms with van der Waals surface area (Å²) in [6.07, 6.45) is 14.1. The van der Waals surface area contributed by atoms with Gasteiger partial charge in [-0.3, -0.25) is 0 Å². The van der Waals surface area contributed by atoms with Crippen molar-refractivity contribution in [3.05, 3.63) is 82.7 Å². The van der Waals surface area contributed by atoms with Crippen molar-refractivity contribution < 1.29 is 14.0 Å². The molecule has 0 saturated carbocycles. The zero-order valence-electron chi connectivity index (χ0n) is 25.9. The molecule has 4 heteroatoms. The zero-order chi connectivity index (χ0) is 29.2. The highest BCUT2D eigenvalue weighted by Crippen LogP contribution is 2.46. The van der Waals surface area contributed by atoms with Crippen molar-refractivity contribution in [2.45, 2.75) is 85.0 Å². The molecule has 4 nitrogen and oxygen atoms in total. The fourth-order valence-corrected chi connectivity index (χ4v) is 7.78. The molecule has 1 aromatic heterocycles. The topological polar surface area (TPSA) is 26.4 Å². The smallest absolute Gasteiger partial charge is 0.215 e. The molecule has 43 heavy (non-hydrogen) atoms. The molecule has 2 atom stereocenters. The van der Waals surface area contributed by atoms with Gasteiger partial charge in [-0.15, -0.1) is 0 Å². The molecule has 218 valence electrons. The van der Waals surface area contributed by atoms with Gasteiger partial charge in [-0.2, -0.15) is 4.58 Å². The average molecular weight is 570 g/mol. The Morgan fingerprint density at radius 3 is 2.26 bits per heavy atom. The monoisotopic (exact) mass is 569 g/mol. The minimum Gasteiger partial charge on any atom is -0.489 e. The Labute approximate surface area is 253 Å². The van der Waals surface area contributed by atoms with Crippen LogP contribution in [0, 0.1) is 0 Å². The molecule has 0 fully saturated rings. The summed E-state index contributed by atoms with van der Waals surface area (Å²) in [6, 6.07) is 18.3. The number of aryl methyl sites for hydroxylation is 1. The summed E-state index contributed by atoms with van der Waals surface area (Å²) in [5.74, 6) is 2.18. The molecule has 2 unspecified atom stereocenters. The van der Waals surface area contributed by atoms with Crippen LogP contribution in [0.2, 0.25) is 0 Å². The number of unbranched alkanes of at least 4 members (excludes halogenated alkanes) is 2. The van der Waals surface area contributed by atoms with Gasteiger partial charge in [-0.05, 0) is 38.5 Å². The fraction of sp³-hybridized carbons (Fsp3) is 0.359. The van der Waals surface area contributed by atoms with Crippen LogP contribution in [0.25, 0.3) is 38.5 Å². The number of fused-ring (bicyclic) bond motifs is 4. The van der Waals surface area contributed by atoms with Crippen LogP contribution >= 0.6 is 0 Å². The van der Waals surface area contributed by atoms with Crippen LogP contribution < -0.4 is 14.8 Å². The van der Waals surface area contributed by atoms with Gasteiger partial charge in [0.2, 0.25) is 11.4 Å². The van der Waals surface area contributed by atoms with E-state index in [4.69, 9.17) is 9.47 Å². The van der Waals surface area contributed by atoms with Gasteiger partial charge >= 0.3 is 0 Å². The van der Waals surface area contributed by atoms with Gasteiger partial charge in [0.05, 0.1) is 16.5 Å². The van der Waals surface area contributed by atoms with Gasteiger partial charge in [0.15, 0.2) is 0 Å². The number of hydrogen-bond donors (Lipinski definition) is 0. The Bertz CT molecular complexity index is 2040. The lowest BCUT2D eigenvalue weighted by Crippen LogP contribution is -2.16. The number of nitrogens with zero attached hydrogens (tertiary/aromatic N) is 2. The molecule has 4 aromatic carbocycles. The Kier molecular flexibility index (Phi) is 6.36. The lowest BCUT2D eigenvalue weighted by molar-refractivity contribution is -0.436. The van der Waals surface area contributed by atoms with E-state index in [2.05, 4.69) is 104 Å². The van der Waals surface area contributed by atoms with Crippen LogP contribution in [0.5, 0.6) is 11.5 Å². The summed E-state index contributed by atoms with van der Waals surface area (Å²) in [5, 5.41) is 7.79. The van der Waals surface area contributed by atoms with E-state index in [0.717, 1.165) is 50.3 Å². The third-order valence-corrected chi connectivity index (χ3v) is 9.68. The predicted molar refractivity (Wildman–Crippen MR) is 179 cm³/mol. The third-order valence-electron chi connectivity index (χ3n) is 9.68. The van der Waals surface area contributed by atoms with Gasteiger partial charge in [0.1, 0.15) is 30.3 Å². The molecule has 0 bridgehead atoms. The SMILES string of the molecule is CCCCn1/c(=C/C=C/C2=[N+](CCCC)c3cc4c(c5cccc2c35)OC(C)C4)c2cccc3c4c(cc1c32)CC(C)O4. The number of ether oxygens (including phenoxy) is 2. The normalized spacial score (nSPS) is 19.4.